The van der Waals surface area contributed by atoms with Gasteiger partial charge in [-0.1, -0.05) is 55.8 Å². The number of carbonyl (C=O) groups is 1. The quantitative estimate of drug-likeness (QED) is 0.0940. The Morgan fingerprint density at radius 1 is 0.933 bits per heavy atom. The molecule has 1 aromatic heterocycles. The molecule has 312 valence electrons. The SMILES string of the molecule is CC[C@@H]1CCN(Cc2cc(C#N)c3oc(-c4cccc(-c5cccc(/C=C/c6cc(OC)c(CN7CC[C@@H](OC(C)=O)C7)cc6C(F)(F)F)c5C)c4C)nc3c2)C1.O=C=O. The molecule has 5 aromatic rings. The van der Waals surface area contributed by atoms with Crippen LogP contribution in [0, 0.1) is 31.1 Å². The second kappa shape index (κ2) is 18.9. The number of likely N-dealkylation sites (tertiary alicyclic amines) is 2. The van der Waals surface area contributed by atoms with E-state index in [0.717, 1.165) is 64.6 Å². The van der Waals surface area contributed by atoms with Gasteiger partial charge in [0.15, 0.2) is 5.58 Å². The molecule has 2 atom stereocenters. The number of carbonyl (C=O) groups excluding carboxylic acids is 3. The number of aromatic nitrogens is 1. The minimum absolute atomic E-state index is 0.00766. The highest BCUT2D eigenvalue weighted by molar-refractivity contribution is 5.85. The Labute approximate surface area is 347 Å². The number of benzene rings is 4. The van der Waals surface area contributed by atoms with Crippen LogP contribution in [0.3, 0.4) is 0 Å². The van der Waals surface area contributed by atoms with Crippen molar-refractivity contribution in [3.63, 3.8) is 0 Å². The number of oxazole rings is 1. The second-order valence-electron chi connectivity index (χ2n) is 15.3. The summed E-state index contributed by atoms with van der Waals surface area (Å²) in [6.07, 6.45) is 1.54. The maximum Gasteiger partial charge on any atom is 0.417 e. The average molecular weight is 821 g/mol. The summed E-state index contributed by atoms with van der Waals surface area (Å²) in [6, 6.07) is 20.5. The fourth-order valence-corrected chi connectivity index (χ4v) is 8.34. The fourth-order valence-electron chi connectivity index (χ4n) is 8.34. The van der Waals surface area contributed by atoms with Gasteiger partial charge in [-0.2, -0.15) is 28.0 Å². The molecule has 7 rings (SSSR count). The predicted octanol–water partition coefficient (Wildman–Crippen LogP) is 9.63. The lowest BCUT2D eigenvalue weighted by molar-refractivity contribution is -0.191. The van der Waals surface area contributed by atoms with E-state index in [2.05, 4.69) is 17.9 Å². The molecule has 0 bridgehead atoms. The number of esters is 1. The first-order valence-corrected chi connectivity index (χ1v) is 19.9. The van der Waals surface area contributed by atoms with Crippen LogP contribution in [0.4, 0.5) is 13.2 Å². The zero-order valence-electron chi connectivity index (χ0n) is 34.3. The van der Waals surface area contributed by atoms with E-state index in [9.17, 15) is 23.2 Å². The van der Waals surface area contributed by atoms with Crippen LogP contribution in [-0.4, -0.2) is 66.3 Å². The maximum atomic E-state index is 14.6. The van der Waals surface area contributed by atoms with Gasteiger partial charge in [0, 0.05) is 50.8 Å². The molecule has 0 unspecified atom stereocenters. The lowest BCUT2D eigenvalue weighted by atomic mass is 9.91. The lowest BCUT2D eigenvalue weighted by Crippen LogP contribution is -2.24. The lowest BCUT2D eigenvalue weighted by Gasteiger charge is -2.20. The van der Waals surface area contributed by atoms with Crippen molar-refractivity contribution in [3.05, 3.63) is 105 Å². The number of alkyl halides is 3. The van der Waals surface area contributed by atoms with E-state index in [4.69, 9.17) is 28.5 Å². The summed E-state index contributed by atoms with van der Waals surface area (Å²) in [5, 5.41) is 10.0. The van der Waals surface area contributed by atoms with Crippen molar-refractivity contribution in [3.8, 4) is 34.4 Å². The number of methoxy groups -OCH3 is 1. The largest absolute Gasteiger partial charge is 0.496 e. The normalized spacial score (nSPS) is 17.1. The van der Waals surface area contributed by atoms with Crippen molar-refractivity contribution in [2.45, 2.75) is 72.3 Å². The summed E-state index contributed by atoms with van der Waals surface area (Å²) in [7, 11) is 1.45. The van der Waals surface area contributed by atoms with Gasteiger partial charge in [0.2, 0.25) is 5.89 Å². The predicted molar refractivity (Wildman–Crippen MR) is 220 cm³/mol. The van der Waals surface area contributed by atoms with Crippen molar-refractivity contribution in [1.82, 2.24) is 14.8 Å². The molecule has 3 heterocycles. The minimum atomic E-state index is -4.60. The molecule has 0 radical (unpaired) electrons. The van der Waals surface area contributed by atoms with Gasteiger partial charge in [0.05, 0.1) is 18.2 Å². The van der Waals surface area contributed by atoms with Gasteiger partial charge < -0.3 is 13.9 Å². The van der Waals surface area contributed by atoms with Gasteiger partial charge in [0.25, 0.3) is 0 Å². The van der Waals surface area contributed by atoms with E-state index in [0.29, 0.717) is 59.3 Å². The monoisotopic (exact) mass is 820 g/mol. The summed E-state index contributed by atoms with van der Waals surface area (Å²) >= 11 is 0. The highest BCUT2D eigenvalue weighted by Crippen LogP contribution is 2.39. The molecule has 0 spiro atoms. The number of ether oxygens (including phenoxy) is 2. The topological polar surface area (TPSA) is 126 Å². The molecule has 2 saturated heterocycles. The third kappa shape index (κ3) is 9.86. The number of fused-ring (bicyclic) bond motifs is 1. The van der Waals surface area contributed by atoms with Crippen molar-refractivity contribution in [2.24, 2.45) is 5.92 Å². The first kappa shape index (κ1) is 43.5. The van der Waals surface area contributed by atoms with E-state index in [1.54, 1.807) is 6.08 Å². The fraction of sp³-hybridized carbons (Fsp3) is 0.362. The molecular formula is C47H47F3N4O6. The Bertz CT molecular complexity index is 2480. The average Bonchev–Trinajstić information content (AvgIpc) is 3.97. The van der Waals surface area contributed by atoms with Crippen LogP contribution in [0.25, 0.3) is 45.8 Å². The Morgan fingerprint density at radius 3 is 2.27 bits per heavy atom. The maximum absolute atomic E-state index is 14.6. The van der Waals surface area contributed by atoms with Crippen LogP contribution in [0.2, 0.25) is 0 Å². The molecule has 0 N–H and O–H groups in total. The number of rotatable bonds is 11. The first-order valence-electron chi connectivity index (χ1n) is 19.9. The number of nitriles is 1. The highest BCUT2D eigenvalue weighted by Gasteiger charge is 2.35. The standard InChI is InChI=1S/C46H47F3N4O4.CO2/c1-6-31-15-17-52(24-31)25-32-19-35(23-50)44-42(20-32)51-45(57-44)40-12-8-11-39(29(40)3)38-10-7-9-33(28(38)2)13-14-34-22-43(55-5)36(21-41(34)46(47,48)49)26-53-18-16-37(27-53)56-30(4)54;2-1-3/h7-14,19-22,31,37H,6,15-18,24-27H2,1-5H3;/b14-13+;/t31-,37-;/m1./s1. The number of nitrogens with zero attached hydrogens (tertiary/aromatic N) is 4. The van der Waals surface area contributed by atoms with Crippen molar-refractivity contribution in [2.75, 3.05) is 33.3 Å². The Kier molecular flexibility index (Phi) is 13.7. The second-order valence-corrected chi connectivity index (χ2v) is 15.3. The molecule has 4 aromatic carbocycles. The highest BCUT2D eigenvalue weighted by atomic mass is 19.4. The summed E-state index contributed by atoms with van der Waals surface area (Å²) in [6.45, 7) is 11.7. The third-order valence-electron chi connectivity index (χ3n) is 11.4. The van der Waals surface area contributed by atoms with Crippen LogP contribution in [0.1, 0.15) is 77.6 Å². The van der Waals surface area contributed by atoms with E-state index in [-0.39, 0.29) is 30.3 Å². The van der Waals surface area contributed by atoms with E-state index >= 15 is 0 Å². The molecule has 2 fully saturated rings. The van der Waals surface area contributed by atoms with Crippen molar-refractivity contribution >= 4 is 35.4 Å². The molecule has 0 saturated carbocycles. The van der Waals surface area contributed by atoms with E-state index in [1.165, 1.54) is 39.0 Å². The Balaban J connectivity index is 0.00000195. The first-order chi connectivity index (χ1) is 28.8. The van der Waals surface area contributed by atoms with Gasteiger partial charge in [-0.25, -0.2) is 4.98 Å². The summed E-state index contributed by atoms with van der Waals surface area (Å²) in [5.41, 5.74) is 7.47. The summed E-state index contributed by atoms with van der Waals surface area (Å²) in [5.74, 6) is 1.11. The van der Waals surface area contributed by atoms with Gasteiger partial charge >= 0.3 is 18.3 Å². The van der Waals surface area contributed by atoms with Crippen molar-refractivity contribution in [1.29, 1.82) is 5.26 Å². The number of halogens is 3. The molecule has 0 amide bonds. The van der Waals surface area contributed by atoms with Gasteiger partial charge in [-0.3, -0.25) is 14.6 Å². The van der Waals surface area contributed by atoms with E-state index in [1.807, 2.05) is 67.3 Å². The van der Waals surface area contributed by atoms with Crippen LogP contribution in [-0.2, 0) is 38.4 Å². The van der Waals surface area contributed by atoms with Crippen LogP contribution in [0.15, 0.2) is 65.1 Å². The van der Waals surface area contributed by atoms with Crippen LogP contribution < -0.4 is 4.74 Å². The van der Waals surface area contributed by atoms with Crippen LogP contribution >= 0.6 is 0 Å². The smallest absolute Gasteiger partial charge is 0.417 e. The van der Waals surface area contributed by atoms with Gasteiger partial charge in [-0.15, -0.1) is 0 Å². The molecule has 0 aliphatic carbocycles. The molecule has 2 aliphatic heterocycles. The molecular weight excluding hydrogens is 774 g/mol. The minimum Gasteiger partial charge on any atom is -0.496 e. The van der Waals surface area contributed by atoms with Crippen LogP contribution in [0.5, 0.6) is 5.75 Å². The van der Waals surface area contributed by atoms with Crippen molar-refractivity contribution < 1.29 is 41.4 Å². The summed E-state index contributed by atoms with van der Waals surface area (Å²) in [4.78, 5) is 36.9. The Morgan fingerprint density at radius 2 is 1.60 bits per heavy atom. The molecule has 13 heteroatoms. The molecule has 60 heavy (non-hydrogen) atoms. The van der Waals surface area contributed by atoms with Gasteiger partial charge in [-0.05, 0) is 108 Å². The molecule has 10 nitrogen and oxygen atoms in total. The Hall–Kier alpha value is -6.06. The zero-order valence-corrected chi connectivity index (χ0v) is 34.3. The number of hydrogen-bond acceptors (Lipinski definition) is 10. The van der Waals surface area contributed by atoms with E-state index < -0.39 is 11.7 Å². The summed E-state index contributed by atoms with van der Waals surface area (Å²) < 4.78 is 60.9. The number of hydrogen-bond donors (Lipinski definition) is 0. The molecule has 2 aliphatic rings. The zero-order chi connectivity index (χ0) is 43.1. The van der Waals surface area contributed by atoms with Gasteiger partial charge in [0.1, 0.15) is 23.4 Å². The third-order valence-corrected chi connectivity index (χ3v) is 11.4.